The number of aromatic nitrogens is 1. The quantitative estimate of drug-likeness (QED) is 0.865. The summed E-state index contributed by atoms with van der Waals surface area (Å²) in [6.07, 6.45) is 5.53. The van der Waals surface area contributed by atoms with Crippen LogP contribution < -0.4 is 5.73 Å². The number of piperidine rings is 1. The van der Waals surface area contributed by atoms with Crippen molar-refractivity contribution in [3.05, 3.63) is 47.0 Å². The Hall–Kier alpha value is -1.14. The maximum absolute atomic E-state index is 6.03. The summed E-state index contributed by atoms with van der Waals surface area (Å²) in [6.45, 7) is 3.97. The van der Waals surface area contributed by atoms with E-state index in [9.17, 15) is 0 Å². The Morgan fingerprint density at radius 1 is 1.22 bits per heavy atom. The lowest BCUT2D eigenvalue weighted by Crippen LogP contribution is -2.36. The SMILES string of the molecule is Cl.Nc1ncc(CN2CCC(OCCc3ccccc3)CC2)s1. The maximum Gasteiger partial charge on any atom is 0.180 e. The first-order valence-electron chi connectivity index (χ1n) is 7.87. The van der Waals surface area contributed by atoms with Gasteiger partial charge in [0, 0.05) is 30.7 Å². The Morgan fingerprint density at radius 3 is 2.61 bits per heavy atom. The van der Waals surface area contributed by atoms with Crippen LogP contribution in [0.4, 0.5) is 5.13 Å². The first kappa shape index (κ1) is 18.2. The zero-order valence-corrected chi connectivity index (χ0v) is 14.8. The van der Waals surface area contributed by atoms with Crippen LogP contribution in [-0.2, 0) is 17.7 Å². The number of ether oxygens (including phenoxy) is 1. The molecule has 1 fully saturated rings. The van der Waals surface area contributed by atoms with E-state index in [0.717, 1.165) is 45.5 Å². The molecule has 0 spiro atoms. The van der Waals surface area contributed by atoms with E-state index in [1.54, 1.807) is 11.3 Å². The van der Waals surface area contributed by atoms with E-state index >= 15 is 0 Å². The molecule has 6 heteroatoms. The molecule has 1 aliphatic rings. The van der Waals surface area contributed by atoms with Gasteiger partial charge in [-0.1, -0.05) is 30.3 Å². The van der Waals surface area contributed by atoms with Crippen LogP contribution in [-0.4, -0.2) is 35.7 Å². The monoisotopic (exact) mass is 353 g/mol. The summed E-state index contributed by atoms with van der Waals surface area (Å²) in [5.41, 5.74) is 7.03. The number of hydrogen-bond donors (Lipinski definition) is 1. The van der Waals surface area contributed by atoms with E-state index in [2.05, 4.69) is 40.2 Å². The third-order valence-corrected chi connectivity index (χ3v) is 4.88. The van der Waals surface area contributed by atoms with Crippen LogP contribution in [0.5, 0.6) is 0 Å². The molecule has 2 N–H and O–H groups in total. The van der Waals surface area contributed by atoms with Gasteiger partial charge in [-0.05, 0) is 24.8 Å². The highest BCUT2D eigenvalue weighted by molar-refractivity contribution is 7.15. The molecule has 2 aromatic rings. The van der Waals surface area contributed by atoms with E-state index in [1.165, 1.54) is 10.4 Å². The molecule has 3 rings (SSSR count). The van der Waals surface area contributed by atoms with E-state index < -0.39 is 0 Å². The highest BCUT2D eigenvalue weighted by atomic mass is 35.5. The number of anilines is 1. The van der Waals surface area contributed by atoms with E-state index in [4.69, 9.17) is 10.5 Å². The summed E-state index contributed by atoms with van der Waals surface area (Å²) in [4.78, 5) is 7.82. The van der Waals surface area contributed by atoms with Gasteiger partial charge in [-0.25, -0.2) is 4.98 Å². The Kier molecular flexibility index (Phi) is 7.30. The average Bonchev–Trinajstić information content (AvgIpc) is 2.95. The first-order valence-corrected chi connectivity index (χ1v) is 8.69. The summed E-state index contributed by atoms with van der Waals surface area (Å²) in [6, 6.07) is 10.5. The van der Waals surface area contributed by atoms with Crippen molar-refractivity contribution in [1.29, 1.82) is 0 Å². The lowest BCUT2D eigenvalue weighted by molar-refractivity contribution is 0.00758. The molecule has 1 aromatic carbocycles. The molecule has 4 nitrogen and oxygen atoms in total. The normalized spacial score (nSPS) is 16.2. The molecule has 0 bridgehead atoms. The predicted octanol–water partition coefficient (Wildman–Crippen LogP) is 3.37. The lowest BCUT2D eigenvalue weighted by Gasteiger charge is -2.31. The van der Waals surface area contributed by atoms with Gasteiger partial charge in [0.25, 0.3) is 0 Å². The molecule has 2 heterocycles. The van der Waals surface area contributed by atoms with E-state index in [1.807, 2.05) is 6.20 Å². The Labute approximate surface area is 148 Å². The molecule has 126 valence electrons. The number of nitrogens with zero attached hydrogens (tertiary/aromatic N) is 2. The predicted molar refractivity (Wildman–Crippen MR) is 98.2 cm³/mol. The van der Waals surface area contributed by atoms with Gasteiger partial charge in [0.15, 0.2) is 5.13 Å². The summed E-state index contributed by atoms with van der Waals surface area (Å²) < 4.78 is 6.03. The third kappa shape index (κ3) is 5.77. The summed E-state index contributed by atoms with van der Waals surface area (Å²) in [7, 11) is 0. The molecule has 0 unspecified atom stereocenters. The van der Waals surface area contributed by atoms with Crippen molar-refractivity contribution >= 4 is 28.9 Å². The molecular formula is C17H24ClN3OS. The summed E-state index contributed by atoms with van der Waals surface area (Å²) in [5, 5.41) is 0.661. The molecule has 1 aliphatic heterocycles. The standard InChI is InChI=1S/C17H23N3OS.ClH/c18-17-19-12-16(22-17)13-20-9-6-15(7-10-20)21-11-8-14-4-2-1-3-5-14;/h1-5,12,15H,6-11,13H2,(H2,18,19);1H. The highest BCUT2D eigenvalue weighted by Crippen LogP contribution is 2.20. The number of likely N-dealkylation sites (tertiary alicyclic amines) is 1. The van der Waals surface area contributed by atoms with Gasteiger partial charge in [0.05, 0.1) is 12.7 Å². The Bertz CT molecular complexity index is 570. The van der Waals surface area contributed by atoms with Crippen LogP contribution in [0.2, 0.25) is 0 Å². The van der Waals surface area contributed by atoms with Gasteiger partial charge in [-0.2, -0.15) is 0 Å². The number of hydrogen-bond acceptors (Lipinski definition) is 5. The number of rotatable bonds is 6. The minimum Gasteiger partial charge on any atom is -0.378 e. The van der Waals surface area contributed by atoms with Gasteiger partial charge in [-0.15, -0.1) is 23.7 Å². The van der Waals surface area contributed by atoms with Crippen LogP contribution in [0, 0.1) is 0 Å². The zero-order chi connectivity index (χ0) is 15.2. The number of benzene rings is 1. The molecule has 0 aliphatic carbocycles. The van der Waals surface area contributed by atoms with Crippen molar-refractivity contribution in [1.82, 2.24) is 9.88 Å². The maximum atomic E-state index is 6.03. The van der Waals surface area contributed by atoms with Gasteiger partial charge in [0.1, 0.15) is 0 Å². The van der Waals surface area contributed by atoms with E-state index in [0.29, 0.717) is 11.2 Å². The van der Waals surface area contributed by atoms with Crippen molar-refractivity contribution < 1.29 is 4.74 Å². The topological polar surface area (TPSA) is 51.4 Å². The molecular weight excluding hydrogens is 330 g/mol. The molecule has 0 amide bonds. The second-order valence-corrected chi connectivity index (χ2v) is 6.89. The lowest BCUT2D eigenvalue weighted by atomic mass is 10.1. The zero-order valence-electron chi connectivity index (χ0n) is 13.2. The van der Waals surface area contributed by atoms with Crippen molar-refractivity contribution in [2.75, 3.05) is 25.4 Å². The molecule has 0 saturated carbocycles. The van der Waals surface area contributed by atoms with Crippen LogP contribution in [0.3, 0.4) is 0 Å². The largest absolute Gasteiger partial charge is 0.378 e. The minimum atomic E-state index is 0. The number of nitrogen functional groups attached to an aromatic ring is 1. The molecule has 1 aromatic heterocycles. The molecule has 0 radical (unpaired) electrons. The third-order valence-electron chi connectivity index (χ3n) is 4.07. The summed E-state index contributed by atoms with van der Waals surface area (Å²) >= 11 is 1.59. The second-order valence-electron chi connectivity index (χ2n) is 5.75. The van der Waals surface area contributed by atoms with Crippen molar-refractivity contribution in [3.8, 4) is 0 Å². The Morgan fingerprint density at radius 2 is 1.96 bits per heavy atom. The average molecular weight is 354 g/mol. The van der Waals surface area contributed by atoms with Crippen LogP contribution in [0.15, 0.2) is 36.5 Å². The van der Waals surface area contributed by atoms with Gasteiger partial charge < -0.3 is 10.5 Å². The smallest absolute Gasteiger partial charge is 0.180 e. The fraction of sp³-hybridized carbons (Fsp3) is 0.471. The number of thiazole rings is 1. The second kappa shape index (κ2) is 9.23. The molecule has 23 heavy (non-hydrogen) atoms. The van der Waals surface area contributed by atoms with Gasteiger partial charge >= 0.3 is 0 Å². The van der Waals surface area contributed by atoms with Crippen LogP contribution in [0.25, 0.3) is 0 Å². The number of halogens is 1. The van der Waals surface area contributed by atoms with Gasteiger partial charge in [0.2, 0.25) is 0 Å². The summed E-state index contributed by atoms with van der Waals surface area (Å²) in [5.74, 6) is 0. The highest BCUT2D eigenvalue weighted by Gasteiger charge is 2.20. The van der Waals surface area contributed by atoms with Crippen molar-refractivity contribution in [2.45, 2.75) is 31.9 Å². The fourth-order valence-corrected chi connectivity index (χ4v) is 3.56. The number of nitrogens with two attached hydrogens (primary N) is 1. The van der Waals surface area contributed by atoms with E-state index in [-0.39, 0.29) is 12.4 Å². The van der Waals surface area contributed by atoms with Crippen molar-refractivity contribution in [3.63, 3.8) is 0 Å². The minimum absolute atomic E-state index is 0. The fourth-order valence-electron chi connectivity index (χ4n) is 2.84. The van der Waals surface area contributed by atoms with Crippen molar-refractivity contribution in [2.24, 2.45) is 0 Å². The van der Waals surface area contributed by atoms with Gasteiger partial charge in [-0.3, -0.25) is 4.90 Å². The Balaban J connectivity index is 0.00000192. The van der Waals surface area contributed by atoms with Crippen LogP contribution in [0.1, 0.15) is 23.3 Å². The molecule has 1 saturated heterocycles. The first-order chi connectivity index (χ1) is 10.8. The van der Waals surface area contributed by atoms with Crippen LogP contribution >= 0.6 is 23.7 Å². The molecule has 0 atom stereocenters.